The van der Waals surface area contributed by atoms with Crippen LogP contribution in [0.5, 0.6) is 11.5 Å². The third kappa shape index (κ3) is 5.66. The van der Waals surface area contributed by atoms with Crippen molar-refractivity contribution in [2.24, 2.45) is 11.8 Å². The lowest BCUT2D eigenvalue weighted by molar-refractivity contribution is -0.124. The highest BCUT2D eigenvalue weighted by Gasteiger charge is 2.40. The van der Waals surface area contributed by atoms with Crippen molar-refractivity contribution in [3.05, 3.63) is 74.9 Å². The molecule has 1 aliphatic heterocycles. The second-order valence-electron chi connectivity index (χ2n) is 9.85. The summed E-state index contributed by atoms with van der Waals surface area (Å²) in [5.74, 6) is -0.554. The minimum Gasteiger partial charge on any atom is -0.497 e. The number of amides is 2. The van der Waals surface area contributed by atoms with Crippen LogP contribution in [0.15, 0.2) is 58.1 Å². The van der Waals surface area contributed by atoms with Gasteiger partial charge in [0.2, 0.25) is 11.8 Å². The molecule has 1 saturated heterocycles. The zero-order valence-corrected chi connectivity index (χ0v) is 22.5. The lowest BCUT2D eigenvalue weighted by Gasteiger charge is -2.28. The van der Waals surface area contributed by atoms with Crippen LogP contribution in [-0.4, -0.2) is 48.7 Å². The molecule has 39 heavy (non-hydrogen) atoms. The van der Waals surface area contributed by atoms with Gasteiger partial charge in [0, 0.05) is 25.6 Å². The van der Waals surface area contributed by atoms with Crippen molar-refractivity contribution in [1.29, 1.82) is 0 Å². The molecule has 0 spiro atoms. The summed E-state index contributed by atoms with van der Waals surface area (Å²) in [6, 6.07) is 14.3. The van der Waals surface area contributed by atoms with Gasteiger partial charge in [-0.2, -0.15) is 0 Å². The van der Waals surface area contributed by atoms with Crippen LogP contribution in [0.2, 0.25) is 0 Å². The molecule has 0 aliphatic carbocycles. The van der Waals surface area contributed by atoms with E-state index in [0.717, 1.165) is 5.56 Å². The number of nitrogens with zero attached hydrogens (tertiary/aromatic N) is 3. The molecule has 0 bridgehead atoms. The topological polar surface area (TPSA) is 140 Å². The number of methoxy groups -OCH3 is 2. The number of anilines is 3. The molecule has 2 aromatic carbocycles. The first-order chi connectivity index (χ1) is 18.6. The summed E-state index contributed by atoms with van der Waals surface area (Å²) >= 11 is 0. The Morgan fingerprint density at radius 2 is 1.82 bits per heavy atom. The van der Waals surface area contributed by atoms with Crippen LogP contribution in [-0.2, 0) is 16.1 Å². The first-order valence-electron chi connectivity index (χ1n) is 12.6. The first-order valence-corrected chi connectivity index (χ1v) is 12.6. The fourth-order valence-electron chi connectivity index (χ4n) is 4.75. The van der Waals surface area contributed by atoms with Crippen molar-refractivity contribution in [1.82, 2.24) is 9.55 Å². The van der Waals surface area contributed by atoms with E-state index in [-0.39, 0.29) is 49.4 Å². The lowest BCUT2D eigenvalue weighted by Crippen LogP contribution is -2.45. The molecular weight excluding hydrogens is 502 g/mol. The van der Waals surface area contributed by atoms with E-state index in [2.05, 4.69) is 4.98 Å². The van der Waals surface area contributed by atoms with Crippen molar-refractivity contribution in [2.75, 3.05) is 42.8 Å². The molecule has 0 saturated carbocycles. The van der Waals surface area contributed by atoms with E-state index in [4.69, 9.17) is 15.2 Å². The predicted octanol–water partition coefficient (Wildman–Crippen LogP) is 2.23. The van der Waals surface area contributed by atoms with E-state index < -0.39 is 23.1 Å². The Bertz CT molecular complexity index is 1480. The zero-order chi connectivity index (χ0) is 28.3. The van der Waals surface area contributed by atoms with E-state index in [0.29, 0.717) is 17.2 Å². The van der Waals surface area contributed by atoms with Gasteiger partial charge in [-0.3, -0.25) is 23.9 Å². The van der Waals surface area contributed by atoms with Crippen LogP contribution in [0.1, 0.15) is 25.8 Å². The average molecular weight is 536 g/mol. The molecule has 4 rings (SSSR count). The minimum atomic E-state index is -0.756. The van der Waals surface area contributed by atoms with Crippen molar-refractivity contribution < 1.29 is 19.1 Å². The van der Waals surface area contributed by atoms with Crippen LogP contribution < -0.4 is 36.3 Å². The summed E-state index contributed by atoms with van der Waals surface area (Å²) < 4.78 is 11.9. The largest absolute Gasteiger partial charge is 0.497 e. The number of hydrogen-bond donors (Lipinski definition) is 2. The van der Waals surface area contributed by atoms with Gasteiger partial charge >= 0.3 is 5.69 Å². The Kier molecular flexibility index (Phi) is 8.08. The standard InChI is InChI=1S/C28H33N5O6/c1-17(2)14-32(24-25(29)33(28(37)30-26(24)35)15-18-8-6-5-7-9-18)27(36)19-12-23(34)31(16-19)21-11-10-20(38-3)13-22(21)39-4/h5-11,13,17,19H,12,14-16,29H2,1-4H3,(H,30,35,37)/t19-/m1/s1. The van der Waals surface area contributed by atoms with Crippen molar-refractivity contribution in [3.63, 3.8) is 0 Å². The molecule has 0 radical (unpaired) electrons. The molecule has 1 atom stereocenters. The van der Waals surface area contributed by atoms with Gasteiger partial charge in [-0.15, -0.1) is 0 Å². The molecule has 11 nitrogen and oxygen atoms in total. The maximum absolute atomic E-state index is 13.9. The Balaban J connectivity index is 1.69. The number of aromatic amines is 1. The third-order valence-electron chi connectivity index (χ3n) is 6.63. The maximum atomic E-state index is 13.9. The Labute approximate surface area is 225 Å². The fourth-order valence-corrected chi connectivity index (χ4v) is 4.75. The number of rotatable bonds is 9. The van der Waals surface area contributed by atoms with Gasteiger partial charge in [-0.05, 0) is 23.6 Å². The fraction of sp³-hybridized carbons (Fsp3) is 0.357. The number of nitrogen functional groups attached to an aromatic ring is 1. The minimum absolute atomic E-state index is 0.0304. The Morgan fingerprint density at radius 1 is 1.10 bits per heavy atom. The summed E-state index contributed by atoms with van der Waals surface area (Å²) in [5, 5.41) is 0. The van der Waals surface area contributed by atoms with Gasteiger partial charge in [0.15, 0.2) is 5.69 Å². The van der Waals surface area contributed by atoms with Crippen LogP contribution >= 0.6 is 0 Å². The molecule has 2 amide bonds. The smallest absolute Gasteiger partial charge is 0.330 e. The van der Waals surface area contributed by atoms with Crippen LogP contribution in [0, 0.1) is 11.8 Å². The molecule has 2 heterocycles. The summed E-state index contributed by atoms with van der Waals surface area (Å²) in [6.45, 7) is 4.19. The highest BCUT2D eigenvalue weighted by atomic mass is 16.5. The number of hydrogen-bond acceptors (Lipinski definition) is 7. The molecule has 0 unspecified atom stereocenters. The van der Waals surface area contributed by atoms with Crippen LogP contribution in [0.4, 0.5) is 17.2 Å². The molecule has 1 fully saturated rings. The quantitative estimate of drug-likeness (QED) is 0.428. The number of ether oxygens (including phenoxy) is 2. The van der Waals surface area contributed by atoms with Crippen molar-refractivity contribution >= 4 is 29.0 Å². The summed E-state index contributed by atoms with van der Waals surface area (Å²) in [5.41, 5.74) is 6.19. The average Bonchev–Trinajstić information content (AvgIpc) is 3.31. The number of benzene rings is 2. The third-order valence-corrected chi connectivity index (χ3v) is 6.63. The van der Waals surface area contributed by atoms with Crippen molar-refractivity contribution in [2.45, 2.75) is 26.8 Å². The Morgan fingerprint density at radius 3 is 2.46 bits per heavy atom. The Hall–Kier alpha value is -4.54. The lowest BCUT2D eigenvalue weighted by atomic mass is 10.1. The van der Waals surface area contributed by atoms with Gasteiger partial charge in [0.25, 0.3) is 5.56 Å². The number of carbonyl (C=O) groups excluding carboxylic acids is 2. The molecule has 3 N–H and O–H groups in total. The van der Waals surface area contributed by atoms with Crippen LogP contribution in [0.3, 0.4) is 0 Å². The van der Waals surface area contributed by atoms with Gasteiger partial charge in [-0.1, -0.05) is 44.2 Å². The summed E-state index contributed by atoms with van der Waals surface area (Å²) in [4.78, 5) is 57.8. The second kappa shape index (κ2) is 11.5. The van der Waals surface area contributed by atoms with E-state index in [1.54, 1.807) is 18.2 Å². The first kappa shape index (κ1) is 27.5. The molecule has 3 aromatic rings. The zero-order valence-electron chi connectivity index (χ0n) is 22.5. The van der Waals surface area contributed by atoms with Gasteiger partial charge in [0.1, 0.15) is 17.3 Å². The molecular formula is C28H33N5O6. The van der Waals surface area contributed by atoms with Gasteiger partial charge in [-0.25, -0.2) is 4.79 Å². The number of nitrogens with two attached hydrogens (primary N) is 1. The highest BCUT2D eigenvalue weighted by molar-refractivity contribution is 6.05. The van der Waals surface area contributed by atoms with Crippen molar-refractivity contribution in [3.8, 4) is 11.5 Å². The van der Waals surface area contributed by atoms with Crippen LogP contribution in [0.25, 0.3) is 0 Å². The summed E-state index contributed by atoms with van der Waals surface area (Å²) in [6.07, 6.45) is -0.0515. The molecule has 11 heteroatoms. The number of nitrogens with one attached hydrogen (secondary N) is 1. The number of carbonyl (C=O) groups is 2. The monoisotopic (exact) mass is 535 g/mol. The predicted molar refractivity (Wildman–Crippen MR) is 148 cm³/mol. The maximum Gasteiger partial charge on any atom is 0.330 e. The van der Waals surface area contributed by atoms with E-state index in [9.17, 15) is 19.2 Å². The number of aromatic nitrogens is 2. The van der Waals surface area contributed by atoms with Gasteiger partial charge in [0.05, 0.1) is 32.4 Å². The number of H-pyrrole nitrogens is 1. The van der Waals surface area contributed by atoms with E-state index in [1.807, 2.05) is 44.2 Å². The van der Waals surface area contributed by atoms with Gasteiger partial charge < -0.3 is 25.0 Å². The summed E-state index contributed by atoms with van der Waals surface area (Å²) in [7, 11) is 3.02. The molecule has 206 valence electrons. The van der Waals surface area contributed by atoms with E-state index in [1.165, 1.54) is 28.6 Å². The highest BCUT2D eigenvalue weighted by Crippen LogP contribution is 2.36. The SMILES string of the molecule is COc1ccc(N2C[C@H](C(=O)N(CC(C)C)c3c(N)n(Cc4ccccc4)c(=O)[nH]c3=O)CC2=O)c(OC)c1. The molecule has 1 aliphatic rings. The normalized spacial score (nSPS) is 15.1. The van der Waals surface area contributed by atoms with E-state index >= 15 is 0 Å². The molecule has 1 aromatic heterocycles. The second-order valence-corrected chi connectivity index (χ2v) is 9.85.